The molecule has 0 bridgehead atoms. The molecule has 0 aliphatic heterocycles. The molecule has 0 fully saturated rings. The SMILES string of the molecule is O=C(CNC(=O)c1ccc(Br)o1)c1ccc(F)cc1. The lowest BCUT2D eigenvalue weighted by Crippen LogP contribution is -2.29. The number of hydrogen-bond donors (Lipinski definition) is 1. The van der Waals surface area contributed by atoms with Crippen molar-refractivity contribution in [2.24, 2.45) is 0 Å². The molecule has 19 heavy (non-hydrogen) atoms. The summed E-state index contributed by atoms with van der Waals surface area (Å²) in [6.07, 6.45) is 0. The Morgan fingerprint density at radius 2 is 1.84 bits per heavy atom. The molecule has 1 N–H and O–H groups in total. The third kappa shape index (κ3) is 3.51. The molecule has 1 amide bonds. The smallest absolute Gasteiger partial charge is 0.287 e. The van der Waals surface area contributed by atoms with Crippen molar-refractivity contribution in [2.75, 3.05) is 6.54 Å². The van der Waals surface area contributed by atoms with Crippen molar-refractivity contribution in [2.45, 2.75) is 0 Å². The lowest BCUT2D eigenvalue weighted by Gasteiger charge is -2.02. The second kappa shape index (κ2) is 5.79. The molecule has 0 radical (unpaired) electrons. The Kier molecular flexibility index (Phi) is 4.11. The lowest BCUT2D eigenvalue weighted by atomic mass is 10.1. The van der Waals surface area contributed by atoms with Crippen LogP contribution < -0.4 is 5.32 Å². The van der Waals surface area contributed by atoms with Crippen molar-refractivity contribution >= 4 is 27.6 Å². The maximum absolute atomic E-state index is 12.7. The summed E-state index contributed by atoms with van der Waals surface area (Å²) in [6.45, 7) is -0.178. The van der Waals surface area contributed by atoms with Gasteiger partial charge in [-0.15, -0.1) is 0 Å². The topological polar surface area (TPSA) is 59.3 Å². The van der Waals surface area contributed by atoms with Crippen LogP contribution in [0, 0.1) is 5.82 Å². The Labute approximate surface area is 116 Å². The summed E-state index contributed by atoms with van der Waals surface area (Å²) < 4.78 is 18.2. The molecule has 0 saturated carbocycles. The molecule has 0 spiro atoms. The zero-order valence-electron chi connectivity index (χ0n) is 9.65. The average Bonchev–Trinajstić information content (AvgIpc) is 2.83. The van der Waals surface area contributed by atoms with E-state index in [1.54, 1.807) is 6.07 Å². The first-order valence-electron chi connectivity index (χ1n) is 5.38. The van der Waals surface area contributed by atoms with Crippen LogP contribution in [-0.2, 0) is 0 Å². The third-order valence-electron chi connectivity index (χ3n) is 2.37. The van der Waals surface area contributed by atoms with Gasteiger partial charge < -0.3 is 9.73 Å². The number of hydrogen-bond acceptors (Lipinski definition) is 3. The summed E-state index contributed by atoms with van der Waals surface area (Å²) in [5, 5.41) is 2.43. The van der Waals surface area contributed by atoms with Gasteiger partial charge in [-0.1, -0.05) is 0 Å². The van der Waals surface area contributed by atoms with E-state index in [9.17, 15) is 14.0 Å². The van der Waals surface area contributed by atoms with E-state index in [1.165, 1.54) is 30.3 Å². The van der Waals surface area contributed by atoms with Crippen LogP contribution in [0.25, 0.3) is 0 Å². The zero-order valence-corrected chi connectivity index (χ0v) is 11.2. The van der Waals surface area contributed by atoms with Gasteiger partial charge in [-0.25, -0.2) is 4.39 Å². The summed E-state index contributed by atoms with van der Waals surface area (Å²) >= 11 is 3.07. The van der Waals surface area contributed by atoms with Crippen molar-refractivity contribution in [3.8, 4) is 0 Å². The quantitative estimate of drug-likeness (QED) is 0.879. The van der Waals surface area contributed by atoms with E-state index in [-0.39, 0.29) is 18.1 Å². The van der Waals surface area contributed by atoms with E-state index >= 15 is 0 Å². The average molecular weight is 326 g/mol. The Bertz CT molecular complexity index is 607. The minimum Gasteiger partial charge on any atom is -0.444 e. The van der Waals surface area contributed by atoms with E-state index in [0.717, 1.165) is 0 Å². The number of benzene rings is 1. The zero-order chi connectivity index (χ0) is 13.8. The summed E-state index contributed by atoms with van der Waals surface area (Å²) in [5.41, 5.74) is 0.335. The van der Waals surface area contributed by atoms with Gasteiger partial charge in [0.15, 0.2) is 16.2 Å². The highest BCUT2D eigenvalue weighted by atomic mass is 79.9. The van der Waals surface area contributed by atoms with Gasteiger partial charge in [0.05, 0.1) is 6.54 Å². The van der Waals surface area contributed by atoms with Gasteiger partial charge in [-0.3, -0.25) is 9.59 Å². The van der Waals surface area contributed by atoms with Gasteiger partial charge in [-0.05, 0) is 52.3 Å². The van der Waals surface area contributed by atoms with Crippen LogP contribution in [0.1, 0.15) is 20.9 Å². The van der Waals surface area contributed by atoms with Crippen LogP contribution in [-0.4, -0.2) is 18.2 Å². The fraction of sp³-hybridized carbons (Fsp3) is 0.0769. The minimum absolute atomic E-state index is 0.110. The number of Topliss-reactive ketones (excluding diaryl/α,β-unsaturated/α-hetero) is 1. The summed E-state index contributed by atoms with van der Waals surface area (Å²) in [4.78, 5) is 23.3. The molecule has 0 aliphatic carbocycles. The molecule has 1 aromatic carbocycles. The number of amides is 1. The van der Waals surface area contributed by atoms with E-state index in [0.29, 0.717) is 10.2 Å². The highest BCUT2D eigenvalue weighted by Crippen LogP contribution is 2.13. The van der Waals surface area contributed by atoms with E-state index < -0.39 is 11.7 Å². The first-order chi connectivity index (χ1) is 9.06. The molecule has 98 valence electrons. The monoisotopic (exact) mass is 325 g/mol. The Morgan fingerprint density at radius 3 is 2.42 bits per heavy atom. The second-order valence-electron chi connectivity index (χ2n) is 3.72. The van der Waals surface area contributed by atoms with Gasteiger partial charge in [-0.2, -0.15) is 0 Å². The van der Waals surface area contributed by atoms with Crippen molar-refractivity contribution in [1.29, 1.82) is 0 Å². The summed E-state index contributed by atoms with van der Waals surface area (Å²) in [7, 11) is 0. The van der Waals surface area contributed by atoms with E-state index in [4.69, 9.17) is 4.42 Å². The van der Waals surface area contributed by atoms with Gasteiger partial charge in [0.1, 0.15) is 5.82 Å². The van der Waals surface area contributed by atoms with Crippen LogP contribution in [0.2, 0.25) is 0 Å². The number of carbonyl (C=O) groups is 2. The maximum Gasteiger partial charge on any atom is 0.287 e. The van der Waals surface area contributed by atoms with Crippen molar-refractivity contribution in [3.63, 3.8) is 0 Å². The Hall–Kier alpha value is -1.95. The molecule has 0 unspecified atom stereocenters. The standard InChI is InChI=1S/C13H9BrFNO3/c14-12-6-5-11(19-12)13(18)16-7-10(17)8-1-3-9(15)4-2-8/h1-6H,7H2,(H,16,18). The highest BCUT2D eigenvalue weighted by Gasteiger charge is 2.12. The molecule has 0 atom stereocenters. The summed E-state index contributed by atoms with van der Waals surface area (Å²) in [5.74, 6) is -1.10. The minimum atomic E-state index is -0.485. The first-order valence-corrected chi connectivity index (χ1v) is 6.18. The molecule has 4 nitrogen and oxygen atoms in total. The number of ketones is 1. The van der Waals surface area contributed by atoms with Crippen LogP contribution >= 0.6 is 15.9 Å². The van der Waals surface area contributed by atoms with Crippen LogP contribution in [0.5, 0.6) is 0 Å². The molecule has 0 aliphatic rings. The highest BCUT2D eigenvalue weighted by molar-refractivity contribution is 9.10. The van der Waals surface area contributed by atoms with Crippen LogP contribution in [0.4, 0.5) is 4.39 Å². The molecule has 1 heterocycles. The normalized spacial score (nSPS) is 10.2. The largest absolute Gasteiger partial charge is 0.444 e. The molecule has 2 rings (SSSR count). The molecular weight excluding hydrogens is 317 g/mol. The van der Waals surface area contributed by atoms with Gasteiger partial charge in [0.25, 0.3) is 5.91 Å². The van der Waals surface area contributed by atoms with Crippen molar-refractivity contribution in [3.05, 3.63) is 58.2 Å². The number of nitrogens with one attached hydrogen (secondary N) is 1. The maximum atomic E-state index is 12.7. The fourth-order valence-electron chi connectivity index (χ4n) is 1.42. The van der Waals surface area contributed by atoms with Gasteiger partial charge in [0.2, 0.25) is 0 Å². The Morgan fingerprint density at radius 1 is 1.16 bits per heavy atom. The van der Waals surface area contributed by atoms with Crippen molar-refractivity contribution in [1.82, 2.24) is 5.32 Å². The number of halogens is 2. The van der Waals surface area contributed by atoms with E-state index in [1.807, 2.05) is 0 Å². The van der Waals surface area contributed by atoms with E-state index in [2.05, 4.69) is 21.2 Å². The molecular formula is C13H9BrFNO3. The predicted octanol–water partition coefficient (Wildman–Crippen LogP) is 2.79. The summed E-state index contributed by atoms with van der Waals surface area (Å²) in [6, 6.07) is 8.19. The lowest BCUT2D eigenvalue weighted by molar-refractivity contribution is 0.0884. The predicted molar refractivity (Wildman–Crippen MR) is 69.5 cm³/mol. The number of rotatable bonds is 4. The van der Waals surface area contributed by atoms with Gasteiger partial charge in [0, 0.05) is 5.56 Å². The second-order valence-corrected chi connectivity index (χ2v) is 4.50. The molecule has 0 saturated heterocycles. The third-order valence-corrected chi connectivity index (χ3v) is 2.80. The first kappa shape index (κ1) is 13.5. The molecule has 1 aromatic heterocycles. The van der Waals surface area contributed by atoms with Crippen molar-refractivity contribution < 1.29 is 18.4 Å². The number of carbonyl (C=O) groups excluding carboxylic acids is 2. The number of furan rings is 1. The molecule has 2 aromatic rings. The van der Waals surface area contributed by atoms with Crippen LogP contribution in [0.15, 0.2) is 45.5 Å². The Balaban J connectivity index is 1.93. The van der Waals surface area contributed by atoms with Gasteiger partial charge >= 0.3 is 0 Å². The molecule has 6 heteroatoms. The fourth-order valence-corrected chi connectivity index (χ4v) is 1.73. The van der Waals surface area contributed by atoms with Crippen LogP contribution in [0.3, 0.4) is 0 Å².